The molecule has 1 aromatic rings. The van der Waals surface area contributed by atoms with Crippen molar-refractivity contribution in [3.8, 4) is 5.75 Å². The van der Waals surface area contributed by atoms with E-state index >= 15 is 0 Å². The second kappa shape index (κ2) is 6.03. The Morgan fingerprint density at radius 1 is 1.41 bits per heavy atom. The van der Waals surface area contributed by atoms with E-state index in [1.165, 1.54) is 0 Å². The first-order valence-electron chi connectivity index (χ1n) is 5.75. The van der Waals surface area contributed by atoms with Gasteiger partial charge in [0.25, 0.3) is 0 Å². The Hall–Kier alpha value is -1.06. The van der Waals surface area contributed by atoms with E-state index in [9.17, 15) is 4.79 Å². The molecule has 0 radical (unpaired) electrons. The van der Waals surface area contributed by atoms with E-state index in [4.69, 9.17) is 21.1 Å². The van der Waals surface area contributed by atoms with Crippen molar-refractivity contribution in [2.45, 2.75) is 12.8 Å². The van der Waals surface area contributed by atoms with Gasteiger partial charge in [-0.3, -0.25) is 4.79 Å². The molecule has 0 atom stereocenters. The summed E-state index contributed by atoms with van der Waals surface area (Å²) < 4.78 is 11.0. The Morgan fingerprint density at radius 3 is 2.88 bits per heavy atom. The van der Waals surface area contributed by atoms with E-state index in [1.807, 2.05) is 0 Å². The molecule has 3 nitrogen and oxygen atoms in total. The van der Waals surface area contributed by atoms with Gasteiger partial charge in [-0.15, -0.1) is 0 Å². The molecular formula is C13H15ClO3. The lowest BCUT2D eigenvalue weighted by Gasteiger charge is -2.22. The van der Waals surface area contributed by atoms with Crippen molar-refractivity contribution in [2.24, 2.45) is 5.92 Å². The van der Waals surface area contributed by atoms with Crippen LogP contribution in [0.15, 0.2) is 18.2 Å². The predicted octanol–water partition coefficient (Wildman–Crippen LogP) is 2.96. The fourth-order valence-electron chi connectivity index (χ4n) is 1.85. The van der Waals surface area contributed by atoms with Gasteiger partial charge in [0.05, 0.1) is 11.6 Å². The van der Waals surface area contributed by atoms with E-state index in [1.54, 1.807) is 18.2 Å². The number of hydrogen-bond acceptors (Lipinski definition) is 3. The number of ether oxygens (including phenoxy) is 2. The average Bonchev–Trinajstić information content (AvgIpc) is 2.39. The molecule has 0 aromatic heterocycles. The lowest BCUT2D eigenvalue weighted by molar-refractivity contribution is 0.0497. The van der Waals surface area contributed by atoms with Crippen LogP contribution in [0.5, 0.6) is 5.75 Å². The molecule has 0 N–H and O–H groups in total. The molecule has 0 amide bonds. The third-order valence-electron chi connectivity index (χ3n) is 2.94. The third kappa shape index (κ3) is 3.20. The van der Waals surface area contributed by atoms with E-state index in [2.05, 4.69) is 0 Å². The molecule has 1 saturated heterocycles. The molecule has 2 rings (SSSR count). The van der Waals surface area contributed by atoms with E-state index in [0.717, 1.165) is 32.3 Å². The SMILES string of the molecule is O=Cc1cccc(OCC2CCOCC2)c1Cl. The van der Waals surface area contributed by atoms with Crippen molar-refractivity contribution < 1.29 is 14.3 Å². The normalized spacial score (nSPS) is 16.8. The summed E-state index contributed by atoms with van der Waals surface area (Å²) in [4.78, 5) is 10.7. The molecule has 0 aliphatic carbocycles. The van der Waals surface area contributed by atoms with Crippen molar-refractivity contribution in [3.63, 3.8) is 0 Å². The number of aldehydes is 1. The Kier molecular flexibility index (Phi) is 4.40. The zero-order chi connectivity index (χ0) is 12.1. The molecule has 0 bridgehead atoms. The molecule has 1 heterocycles. The van der Waals surface area contributed by atoms with Gasteiger partial charge in [0, 0.05) is 18.8 Å². The first-order chi connectivity index (χ1) is 8.31. The largest absolute Gasteiger partial charge is 0.492 e. The highest BCUT2D eigenvalue weighted by molar-refractivity contribution is 6.34. The third-order valence-corrected chi connectivity index (χ3v) is 3.34. The maximum absolute atomic E-state index is 10.7. The minimum absolute atomic E-state index is 0.398. The van der Waals surface area contributed by atoms with E-state index in [-0.39, 0.29) is 0 Å². The summed E-state index contributed by atoms with van der Waals surface area (Å²) in [5, 5.41) is 0.398. The van der Waals surface area contributed by atoms with Gasteiger partial charge in [0.1, 0.15) is 5.75 Å². The van der Waals surface area contributed by atoms with Gasteiger partial charge < -0.3 is 9.47 Å². The van der Waals surface area contributed by atoms with Gasteiger partial charge in [-0.1, -0.05) is 17.7 Å². The van der Waals surface area contributed by atoms with Gasteiger partial charge in [-0.25, -0.2) is 0 Å². The fourth-order valence-corrected chi connectivity index (χ4v) is 2.08. The van der Waals surface area contributed by atoms with Crippen LogP contribution in [-0.4, -0.2) is 26.1 Å². The van der Waals surface area contributed by atoms with Crippen molar-refractivity contribution in [3.05, 3.63) is 28.8 Å². The summed E-state index contributed by atoms with van der Waals surface area (Å²) in [7, 11) is 0. The average molecular weight is 255 g/mol. The maximum Gasteiger partial charge on any atom is 0.151 e. The molecular weight excluding hydrogens is 240 g/mol. The van der Waals surface area contributed by atoms with Crippen LogP contribution in [0, 0.1) is 5.92 Å². The molecule has 1 aliphatic heterocycles. The van der Waals surface area contributed by atoms with Crippen LogP contribution in [0.2, 0.25) is 5.02 Å². The second-order valence-electron chi connectivity index (χ2n) is 4.14. The highest BCUT2D eigenvalue weighted by atomic mass is 35.5. The van der Waals surface area contributed by atoms with Crippen molar-refractivity contribution >= 4 is 17.9 Å². The lowest BCUT2D eigenvalue weighted by atomic mass is 10.0. The fraction of sp³-hybridized carbons (Fsp3) is 0.462. The Morgan fingerprint density at radius 2 is 2.18 bits per heavy atom. The Bertz CT molecular complexity index is 386. The van der Waals surface area contributed by atoms with Crippen LogP contribution < -0.4 is 4.74 Å². The van der Waals surface area contributed by atoms with Gasteiger partial charge in [0.15, 0.2) is 6.29 Å². The molecule has 1 aliphatic rings. The van der Waals surface area contributed by atoms with Crippen LogP contribution in [-0.2, 0) is 4.74 Å². The maximum atomic E-state index is 10.7. The number of carbonyl (C=O) groups is 1. The monoisotopic (exact) mass is 254 g/mol. The quantitative estimate of drug-likeness (QED) is 0.775. The van der Waals surface area contributed by atoms with Crippen LogP contribution in [0.3, 0.4) is 0 Å². The molecule has 1 aromatic carbocycles. The van der Waals surface area contributed by atoms with Crippen molar-refractivity contribution in [1.29, 1.82) is 0 Å². The standard InChI is InChI=1S/C13H15ClO3/c14-13-11(8-15)2-1-3-12(13)17-9-10-4-6-16-7-5-10/h1-3,8,10H,4-7,9H2. The first kappa shape index (κ1) is 12.4. The summed E-state index contributed by atoms with van der Waals surface area (Å²) in [6, 6.07) is 5.24. The van der Waals surface area contributed by atoms with E-state index in [0.29, 0.717) is 28.9 Å². The van der Waals surface area contributed by atoms with Crippen LogP contribution in [0.1, 0.15) is 23.2 Å². The van der Waals surface area contributed by atoms with Crippen molar-refractivity contribution in [1.82, 2.24) is 0 Å². The van der Waals surface area contributed by atoms with Crippen LogP contribution >= 0.6 is 11.6 Å². The molecule has 1 fully saturated rings. The predicted molar refractivity (Wildman–Crippen MR) is 65.9 cm³/mol. The summed E-state index contributed by atoms with van der Waals surface area (Å²) in [5.41, 5.74) is 0.469. The van der Waals surface area contributed by atoms with Gasteiger partial charge >= 0.3 is 0 Å². The summed E-state index contributed by atoms with van der Waals surface area (Å²) >= 11 is 6.05. The van der Waals surface area contributed by atoms with Crippen LogP contribution in [0.4, 0.5) is 0 Å². The molecule has 92 valence electrons. The zero-order valence-corrected chi connectivity index (χ0v) is 10.3. The summed E-state index contributed by atoms with van der Waals surface area (Å²) in [6.45, 7) is 2.23. The molecule has 0 unspecified atom stereocenters. The highest BCUT2D eigenvalue weighted by Gasteiger charge is 2.15. The Balaban J connectivity index is 1.96. The minimum Gasteiger partial charge on any atom is -0.492 e. The van der Waals surface area contributed by atoms with Crippen LogP contribution in [0.25, 0.3) is 0 Å². The lowest BCUT2D eigenvalue weighted by Crippen LogP contribution is -2.21. The number of benzene rings is 1. The first-order valence-corrected chi connectivity index (χ1v) is 6.13. The number of rotatable bonds is 4. The van der Waals surface area contributed by atoms with Gasteiger partial charge in [-0.2, -0.15) is 0 Å². The zero-order valence-electron chi connectivity index (χ0n) is 9.52. The molecule has 4 heteroatoms. The Labute approximate surface area is 106 Å². The van der Waals surface area contributed by atoms with Gasteiger partial charge in [-0.05, 0) is 30.9 Å². The van der Waals surface area contributed by atoms with Crippen molar-refractivity contribution in [2.75, 3.05) is 19.8 Å². The highest BCUT2D eigenvalue weighted by Crippen LogP contribution is 2.28. The summed E-state index contributed by atoms with van der Waals surface area (Å²) in [5.74, 6) is 1.10. The number of halogens is 1. The topological polar surface area (TPSA) is 35.5 Å². The smallest absolute Gasteiger partial charge is 0.151 e. The summed E-state index contributed by atoms with van der Waals surface area (Å²) in [6.07, 6.45) is 2.78. The number of carbonyl (C=O) groups excluding carboxylic acids is 1. The van der Waals surface area contributed by atoms with Gasteiger partial charge in [0.2, 0.25) is 0 Å². The van der Waals surface area contributed by atoms with E-state index < -0.39 is 0 Å². The number of hydrogen-bond donors (Lipinski definition) is 0. The minimum atomic E-state index is 0.398. The molecule has 17 heavy (non-hydrogen) atoms. The second-order valence-corrected chi connectivity index (χ2v) is 4.52. The molecule has 0 spiro atoms. The molecule has 0 saturated carbocycles.